The lowest BCUT2D eigenvalue weighted by Crippen LogP contribution is -2.32. The number of carbonyl (C=O) groups excluding carboxylic acids is 1. The Bertz CT molecular complexity index is 424. The van der Waals surface area contributed by atoms with E-state index in [1.165, 1.54) is 0 Å². The molecule has 18 heavy (non-hydrogen) atoms. The van der Waals surface area contributed by atoms with Crippen LogP contribution in [-0.2, 0) is 4.79 Å². The fraction of sp³-hybridized carbons (Fsp3) is 0.429. The van der Waals surface area contributed by atoms with Gasteiger partial charge in [-0.1, -0.05) is 30.3 Å². The summed E-state index contributed by atoms with van der Waals surface area (Å²) in [6.45, 7) is 1.69. The molecule has 4 nitrogen and oxygen atoms in total. The lowest BCUT2D eigenvalue weighted by molar-refractivity contribution is -0.130. The zero-order valence-corrected chi connectivity index (χ0v) is 10.4. The monoisotopic (exact) mass is 245 g/mol. The molecule has 0 saturated carbocycles. The first-order valence-electron chi connectivity index (χ1n) is 6.35. The topological polar surface area (TPSA) is 70.2 Å². The summed E-state index contributed by atoms with van der Waals surface area (Å²) in [5, 5.41) is 7.66. The molecule has 0 aromatic heterocycles. The SMILES string of the molecule is N=C(N)C(CC(=O)N1CCCC1)c1ccccc1. The lowest BCUT2D eigenvalue weighted by Gasteiger charge is -2.20. The molecule has 1 aliphatic rings. The molecule has 1 atom stereocenters. The van der Waals surface area contributed by atoms with Crippen LogP contribution in [0, 0.1) is 5.41 Å². The van der Waals surface area contributed by atoms with Crippen molar-refractivity contribution in [1.82, 2.24) is 4.90 Å². The molecule has 1 aliphatic heterocycles. The number of likely N-dealkylation sites (tertiary alicyclic amines) is 1. The quantitative estimate of drug-likeness (QED) is 0.626. The Morgan fingerprint density at radius 1 is 1.28 bits per heavy atom. The number of hydrogen-bond donors (Lipinski definition) is 2. The van der Waals surface area contributed by atoms with E-state index < -0.39 is 0 Å². The molecular formula is C14H19N3O. The number of amidine groups is 1. The normalized spacial score (nSPS) is 16.6. The van der Waals surface area contributed by atoms with Crippen LogP contribution >= 0.6 is 0 Å². The van der Waals surface area contributed by atoms with Crippen molar-refractivity contribution < 1.29 is 4.79 Å². The van der Waals surface area contributed by atoms with Crippen LogP contribution in [-0.4, -0.2) is 29.7 Å². The highest BCUT2D eigenvalue weighted by Gasteiger charge is 2.24. The molecule has 1 amide bonds. The van der Waals surface area contributed by atoms with Gasteiger partial charge in [0.05, 0.1) is 5.84 Å². The summed E-state index contributed by atoms with van der Waals surface area (Å²) in [5.74, 6) is -0.121. The van der Waals surface area contributed by atoms with E-state index in [-0.39, 0.29) is 17.7 Å². The smallest absolute Gasteiger partial charge is 0.223 e. The van der Waals surface area contributed by atoms with Crippen LogP contribution in [0.25, 0.3) is 0 Å². The number of hydrogen-bond acceptors (Lipinski definition) is 2. The van der Waals surface area contributed by atoms with Crippen molar-refractivity contribution >= 4 is 11.7 Å². The number of benzene rings is 1. The fourth-order valence-electron chi connectivity index (χ4n) is 2.36. The van der Waals surface area contributed by atoms with Gasteiger partial charge in [-0.15, -0.1) is 0 Å². The van der Waals surface area contributed by atoms with E-state index in [4.69, 9.17) is 11.1 Å². The van der Waals surface area contributed by atoms with E-state index in [0.29, 0.717) is 6.42 Å². The number of rotatable bonds is 4. The third-order valence-electron chi connectivity index (χ3n) is 3.41. The van der Waals surface area contributed by atoms with Crippen LogP contribution in [0.5, 0.6) is 0 Å². The van der Waals surface area contributed by atoms with Crippen LogP contribution in [0.3, 0.4) is 0 Å². The first-order chi connectivity index (χ1) is 8.68. The second-order valence-electron chi connectivity index (χ2n) is 4.71. The maximum Gasteiger partial charge on any atom is 0.223 e. The van der Waals surface area contributed by atoms with Gasteiger partial charge < -0.3 is 10.6 Å². The molecule has 1 aromatic rings. The molecule has 0 spiro atoms. The van der Waals surface area contributed by atoms with Crippen LogP contribution < -0.4 is 5.73 Å². The molecule has 1 fully saturated rings. The van der Waals surface area contributed by atoms with Crippen LogP contribution in [0.1, 0.15) is 30.7 Å². The summed E-state index contributed by atoms with van der Waals surface area (Å²) in [5.41, 5.74) is 6.57. The maximum absolute atomic E-state index is 12.1. The molecule has 0 bridgehead atoms. The van der Waals surface area contributed by atoms with E-state index in [9.17, 15) is 4.79 Å². The standard InChI is InChI=1S/C14H19N3O/c15-14(16)12(11-6-2-1-3-7-11)10-13(18)17-8-4-5-9-17/h1-3,6-7,12H,4-5,8-10H2,(H3,15,16). The number of nitrogens with one attached hydrogen (secondary N) is 1. The summed E-state index contributed by atoms with van der Waals surface area (Å²) in [7, 11) is 0. The van der Waals surface area contributed by atoms with Crippen molar-refractivity contribution in [3.05, 3.63) is 35.9 Å². The average Bonchev–Trinajstić information content (AvgIpc) is 2.90. The molecule has 2 rings (SSSR count). The van der Waals surface area contributed by atoms with E-state index in [1.54, 1.807) is 0 Å². The summed E-state index contributed by atoms with van der Waals surface area (Å²) < 4.78 is 0. The minimum atomic E-state index is -0.292. The maximum atomic E-state index is 12.1. The number of amides is 1. The van der Waals surface area contributed by atoms with Crippen molar-refractivity contribution in [1.29, 1.82) is 5.41 Å². The predicted molar refractivity (Wildman–Crippen MR) is 71.5 cm³/mol. The predicted octanol–water partition coefficient (Wildman–Crippen LogP) is 1.72. The Balaban J connectivity index is 2.07. The summed E-state index contributed by atoms with van der Waals surface area (Å²) >= 11 is 0. The minimum Gasteiger partial charge on any atom is -0.387 e. The lowest BCUT2D eigenvalue weighted by atomic mass is 9.94. The van der Waals surface area contributed by atoms with Gasteiger partial charge in [-0.3, -0.25) is 10.2 Å². The van der Waals surface area contributed by atoms with Crippen molar-refractivity contribution in [3.63, 3.8) is 0 Å². The molecule has 1 unspecified atom stereocenters. The van der Waals surface area contributed by atoms with Crippen LogP contribution in [0.2, 0.25) is 0 Å². The van der Waals surface area contributed by atoms with Crippen molar-refractivity contribution in [2.45, 2.75) is 25.2 Å². The highest BCUT2D eigenvalue weighted by Crippen LogP contribution is 2.21. The van der Waals surface area contributed by atoms with E-state index in [0.717, 1.165) is 31.5 Å². The van der Waals surface area contributed by atoms with Gasteiger partial charge in [0.1, 0.15) is 0 Å². The molecule has 3 N–H and O–H groups in total. The third-order valence-corrected chi connectivity index (χ3v) is 3.41. The van der Waals surface area contributed by atoms with Gasteiger partial charge in [-0.05, 0) is 18.4 Å². The second-order valence-corrected chi connectivity index (χ2v) is 4.71. The highest BCUT2D eigenvalue weighted by molar-refractivity contribution is 5.90. The van der Waals surface area contributed by atoms with Gasteiger partial charge in [-0.25, -0.2) is 0 Å². The zero-order valence-electron chi connectivity index (χ0n) is 10.4. The highest BCUT2D eigenvalue weighted by atomic mass is 16.2. The number of carbonyl (C=O) groups is 1. The van der Waals surface area contributed by atoms with Gasteiger partial charge in [0.2, 0.25) is 5.91 Å². The summed E-state index contributed by atoms with van der Waals surface area (Å²) in [4.78, 5) is 14.0. The largest absolute Gasteiger partial charge is 0.387 e. The van der Waals surface area contributed by atoms with E-state index in [2.05, 4.69) is 0 Å². The molecule has 0 aliphatic carbocycles. The van der Waals surface area contributed by atoms with Gasteiger partial charge in [0.25, 0.3) is 0 Å². The first kappa shape index (κ1) is 12.6. The molecule has 96 valence electrons. The van der Waals surface area contributed by atoms with E-state index in [1.807, 2.05) is 35.2 Å². The second kappa shape index (κ2) is 5.67. The van der Waals surface area contributed by atoms with Crippen molar-refractivity contribution in [3.8, 4) is 0 Å². The molecule has 1 saturated heterocycles. The fourth-order valence-corrected chi connectivity index (χ4v) is 2.36. The van der Waals surface area contributed by atoms with Gasteiger partial charge >= 0.3 is 0 Å². The number of nitrogens with zero attached hydrogens (tertiary/aromatic N) is 1. The molecule has 4 heteroatoms. The Morgan fingerprint density at radius 3 is 2.44 bits per heavy atom. The zero-order chi connectivity index (χ0) is 13.0. The van der Waals surface area contributed by atoms with Crippen molar-refractivity contribution in [2.75, 3.05) is 13.1 Å². The van der Waals surface area contributed by atoms with Crippen LogP contribution in [0.4, 0.5) is 0 Å². The van der Waals surface area contributed by atoms with E-state index >= 15 is 0 Å². The Labute approximate surface area is 107 Å². The first-order valence-corrected chi connectivity index (χ1v) is 6.35. The summed E-state index contributed by atoms with van der Waals surface area (Å²) in [6, 6.07) is 9.58. The minimum absolute atomic E-state index is 0.0637. The van der Waals surface area contributed by atoms with Crippen molar-refractivity contribution in [2.24, 2.45) is 5.73 Å². The van der Waals surface area contributed by atoms with Gasteiger partial charge in [-0.2, -0.15) is 0 Å². The molecular weight excluding hydrogens is 226 g/mol. The third kappa shape index (κ3) is 2.88. The number of nitrogens with two attached hydrogens (primary N) is 1. The van der Waals surface area contributed by atoms with Gasteiger partial charge in [0, 0.05) is 25.4 Å². The molecule has 1 aromatic carbocycles. The van der Waals surface area contributed by atoms with Crippen LogP contribution in [0.15, 0.2) is 30.3 Å². The molecule has 0 radical (unpaired) electrons. The Kier molecular flexibility index (Phi) is 3.97. The van der Waals surface area contributed by atoms with Gasteiger partial charge in [0.15, 0.2) is 0 Å². The summed E-state index contributed by atoms with van der Waals surface area (Å²) in [6.07, 6.45) is 2.48. The Hall–Kier alpha value is -1.84. The molecule has 1 heterocycles. The Morgan fingerprint density at radius 2 is 1.89 bits per heavy atom. The average molecular weight is 245 g/mol.